The van der Waals surface area contributed by atoms with E-state index in [0.29, 0.717) is 11.5 Å². The van der Waals surface area contributed by atoms with Crippen LogP contribution in [0.1, 0.15) is 52.0 Å². The Morgan fingerprint density at radius 2 is 2.16 bits per heavy atom. The summed E-state index contributed by atoms with van der Waals surface area (Å²) in [5.41, 5.74) is 0.443. The van der Waals surface area contributed by atoms with Crippen molar-refractivity contribution < 1.29 is 0 Å². The second-order valence-electron chi connectivity index (χ2n) is 6.93. The maximum Gasteiger partial charge on any atom is 0.0928 e. The highest BCUT2D eigenvalue weighted by Crippen LogP contribution is 2.41. The Bertz CT molecular complexity index is 367. The lowest BCUT2D eigenvalue weighted by Crippen LogP contribution is -2.43. The number of thiazole rings is 1. The van der Waals surface area contributed by atoms with E-state index < -0.39 is 0 Å². The summed E-state index contributed by atoms with van der Waals surface area (Å²) in [6, 6.07) is 0.687. The van der Waals surface area contributed by atoms with Gasteiger partial charge in [-0.25, -0.2) is 4.98 Å². The first kappa shape index (κ1) is 15.0. The molecule has 1 aliphatic carbocycles. The fourth-order valence-electron chi connectivity index (χ4n) is 3.39. The SMILES string of the molecule is CCNC1CCC(C(C)(C)C)CC1Cc1nccs1. The Morgan fingerprint density at radius 3 is 2.74 bits per heavy atom. The van der Waals surface area contributed by atoms with Crippen molar-refractivity contribution in [2.75, 3.05) is 6.54 Å². The highest BCUT2D eigenvalue weighted by molar-refractivity contribution is 7.09. The molecule has 0 aromatic carbocycles. The van der Waals surface area contributed by atoms with Crippen molar-refractivity contribution in [3.8, 4) is 0 Å². The molecular weight excluding hydrogens is 252 g/mol. The lowest BCUT2D eigenvalue weighted by molar-refractivity contribution is 0.114. The summed E-state index contributed by atoms with van der Waals surface area (Å²) in [7, 11) is 0. The van der Waals surface area contributed by atoms with Crippen LogP contribution < -0.4 is 5.32 Å². The lowest BCUT2D eigenvalue weighted by atomic mass is 9.67. The van der Waals surface area contributed by atoms with E-state index >= 15 is 0 Å². The van der Waals surface area contributed by atoms with E-state index in [0.717, 1.165) is 24.8 Å². The molecule has 1 fully saturated rings. The van der Waals surface area contributed by atoms with Gasteiger partial charge in [0.15, 0.2) is 0 Å². The first-order valence-corrected chi connectivity index (χ1v) is 8.50. The van der Waals surface area contributed by atoms with Crippen LogP contribution in [0.25, 0.3) is 0 Å². The molecule has 0 amide bonds. The van der Waals surface area contributed by atoms with E-state index in [1.54, 1.807) is 11.3 Å². The van der Waals surface area contributed by atoms with Crippen LogP contribution in [0.15, 0.2) is 11.6 Å². The van der Waals surface area contributed by atoms with Crippen LogP contribution in [0, 0.1) is 17.3 Å². The Kier molecular flexibility index (Phi) is 5.02. The normalized spacial score (nSPS) is 28.5. The van der Waals surface area contributed by atoms with Crippen LogP contribution >= 0.6 is 11.3 Å². The standard InChI is InChI=1S/C16H28N2S/c1-5-17-14-7-6-13(16(2,3)4)10-12(14)11-15-18-8-9-19-15/h8-9,12-14,17H,5-7,10-11H2,1-4H3. The van der Waals surface area contributed by atoms with Gasteiger partial charge in [0.05, 0.1) is 5.01 Å². The van der Waals surface area contributed by atoms with E-state index in [9.17, 15) is 0 Å². The number of nitrogens with zero attached hydrogens (tertiary/aromatic N) is 1. The van der Waals surface area contributed by atoms with Gasteiger partial charge in [-0.2, -0.15) is 0 Å². The molecule has 19 heavy (non-hydrogen) atoms. The summed E-state index contributed by atoms with van der Waals surface area (Å²) in [5, 5.41) is 7.10. The molecule has 1 aromatic rings. The van der Waals surface area contributed by atoms with E-state index in [1.807, 2.05) is 6.20 Å². The molecule has 2 rings (SSSR count). The first-order valence-electron chi connectivity index (χ1n) is 7.62. The largest absolute Gasteiger partial charge is 0.314 e. The maximum absolute atomic E-state index is 4.48. The minimum absolute atomic E-state index is 0.443. The summed E-state index contributed by atoms with van der Waals surface area (Å²) in [6.45, 7) is 10.5. The van der Waals surface area contributed by atoms with Gasteiger partial charge in [0.1, 0.15) is 0 Å². The average molecular weight is 280 g/mol. The third-order valence-corrected chi connectivity index (χ3v) is 5.40. The first-order chi connectivity index (χ1) is 9.00. The second-order valence-corrected chi connectivity index (χ2v) is 7.91. The number of hydrogen-bond donors (Lipinski definition) is 1. The zero-order valence-electron chi connectivity index (χ0n) is 12.8. The van der Waals surface area contributed by atoms with Crippen molar-refractivity contribution in [1.29, 1.82) is 0 Å². The van der Waals surface area contributed by atoms with Crippen molar-refractivity contribution in [3.05, 3.63) is 16.6 Å². The van der Waals surface area contributed by atoms with Gasteiger partial charge >= 0.3 is 0 Å². The fourth-order valence-corrected chi connectivity index (χ4v) is 4.10. The third-order valence-electron chi connectivity index (χ3n) is 4.59. The predicted octanol–water partition coefficient (Wildman–Crippen LogP) is 4.13. The van der Waals surface area contributed by atoms with E-state index in [-0.39, 0.29) is 0 Å². The molecule has 108 valence electrons. The summed E-state index contributed by atoms with van der Waals surface area (Å²) in [4.78, 5) is 4.48. The molecule has 0 spiro atoms. The molecule has 1 heterocycles. The predicted molar refractivity (Wildman–Crippen MR) is 83.6 cm³/mol. The minimum Gasteiger partial charge on any atom is -0.314 e. The quantitative estimate of drug-likeness (QED) is 0.897. The van der Waals surface area contributed by atoms with Crippen LogP contribution in [0.2, 0.25) is 0 Å². The number of nitrogens with one attached hydrogen (secondary N) is 1. The lowest BCUT2D eigenvalue weighted by Gasteiger charge is -2.42. The van der Waals surface area contributed by atoms with E-state index in [4.69, 9.17) is 0 Å². The zero-order valence-corrected chi connectivity index (χ0v) is 13.6. The number of aromatic nitrogens is 1. The molecule has 0 saturated heterocycles. The minimum atomic E-state index is 0.443. The second kappa shape index (κ2) is 6.36. The monoisotopic (exact) mass is 280 g/mol. The molecule has 0 bridgehead atoms. The van der Waals surface area contributed by atoms with E-state index in [1.165, 1.54) is 24.3 Å². The van der Waals surface area contributed by atoms with Gasteiger partial charge in [-0.3, -0.25) is 0 Å². The Labute approximate surface area is 122 Å². The summed E-state index contributed by atoms with van der Waals surface area (Å²) >= 11 is 1.81. The molecule has 1 aliphatic rings. The average Bonchev–Trinajstić information content (AvgIpc) is 2.83. The van der Waals surface area contributed by atoms with E-state index in [2.05, 4.69) is 43.4 Å². The van der Waals surface area contributed by atoms with Crippen molar-refractivity contribution >= 4 is 11.3 Å². The Hall–Kier alpha value is -0.410. The Balaban J connectivity index is 2.04. The van der Waals surface area contributed by atoms with Gasteiger partial charge in [0, 0.05) is 24.0 Å². The topological polar surface area (TPSA) is 24.9 Å². The molecule has 1 saturated carbocycles. The van der Waals surface area contributed by atoms with Crippen LogP contribution in [0.3, 0.4) is 0 Å². The molecule has 3 heteroatoms. The van der Waals surface area contributed by atoms with Crippen LogP contribution in [-0.4, -0.2) is 17.6 Å². The highest BCUT2D eigenvalue weighted by Gasteiger charge is 2.35. The smallest absolute Gasteiger partial charge is 0.0928 e. The van der Waals surface area contributed by atoms with Crippen LogP contribution in [0.4, 0.5) is 0 Å². The van der Waals surface area contributed by atoms with Crippen molar-refractivity contribution in [3.63, 3.8) is 0 Å². The molecule has 3 atom stereocenters. The number of rotatable bonds is 4. The molecule has 2 nitrogen and oxygen atoms in total. The maximum atomic E-state index is 4.48. The summed E-state index contributed by atoms with van der Waals surface area (Å²) in [6.07, 6.45) is 7.14. The van der Waals surface area contributed by atoms with Crippen LogP contribution in [-0.2, 0) is 6.42 Å². The summed E-state index contributed by atoms with van der Waals surface area (Å²) in [5.74, 6) is 1.61. The van der Waals surface area contributed by atoms with Crippen LogP contribution in [0.5, 0.6) is 0 Å². The molecule has 0 aliphatic heterocycles. The van der Waals surface area contributed by atoms with Gasteiger partial charge in [-0.1, -0.05) is 27.7 Å². The van der Waals surface area contributed by atoms with Gasteiger partial charge in [0.25, 0.3) is 0 Å². The van der Waals surface area contributed by atoms with Gasteiger partial charge < -0.3 is 5.32 Å². The molecule has 1 aromatic heterocycles. The molecule has 0 radical (unpaired) electrons. The summed E-state index contributed by atoms with van der Waals surface area (Å²) < 4.78 is 0. The molecule has 1 N–H and O–H groups in total. The third kappa shape index (κ3) is 4.03. The Morgan fingerprint density at radius 1 is 1.37 bits per heavy atom. The van der Waals surface area contributed by atoms with Crippen molar-refractivity contribution in [2.45, 2.75) is 59.4 Å². The van der Waals surface area contributed by atoms with Gasteiger partial charge in [-0.05, 0) is 43.1 Å². The van der Waals surface area contributed by atoms with Gasteiger partial charge in [-0.15, -0.1) is 11.3 Å². The molecular formula is C16H28N2S. The highest BCUT2D eigenvalue weighted by atomic mass is 32.1. The van der Waals surface area contributed by atoms with Crippen molar-refractivity contribution in [1.82, 2.24) is 10.3 Å². The number of hydrogen-bond acceptors (Lipinski definition) is 3. The fraction of sp³-hybridized carbons (Fsp3) is 0.812. The zero-order chi connectivity index (χ0) is 13.9. The molecule has 3 unspecified atom stereocenters. The van der Waals surface area contributed by atoms with Crippen molar-refractivity contribution in [2.24, 2.45) is 17.3 Å². The van der Waals surface area contributed by atoms with Gasteiger partial charge in [0.2, 0.25) is 0 Å².